The zero-order chi connectivity index (χ0) is 19.8. The molecule has 0 rings (SSSR count). The van der Waals surface area contributed by atoms with Gasteiger partial charge in [0.25, 0.3) is 0 Å². The van der Waals surface area contributed by atoms with Crippen molar-refractivity contribution in [2.75, 3.05) is 45.2 Å². The zero-order valence-corrected chi connectivity index (χ0v) is 17.3. The number of carbonyl (C=O) groups is 1. The summed E-state index contributed by atoms with van der Waals surface area (Å²) in [6.07, 6.45) is 2.60. The first kappa shape index (κ1) is 24.3. The molecule has 0 aliphatic rings. The quantitative estimate of drug-likeness (QED) is 0.131. The molecule has 0 spiro atoms. The molecule has 0 fully saturated rings. The highest BCUT2D eigenvalue weighted by Gasteiger charge is 2.07. The molecule has 26 heavy (non-hydrogen) atoms. The normalized spacial score (nSPS) is 12.2. The molecule has 0 heterocycles. The number of thioether (sulfide) groups is 1. The van der Waals surface area contributed by atoms with Crippen LogP contribution in [0.4, 0.5) is 0 Å². The van der Waals surface area contributed by atoms with Gasteiger partial charge in [-0.3, -0.25) is 9.79 Å². The van der Waals surface area contributed by atoms with E-state index in [2.05, 4.69) is 39.4 Å². The third-order valence-corrected chi connectivity index (χ3v) is 4.56. The van der Waals surface area contributed by atoms with E-state index in [-0.39, 0.29) is 11.9 Å². The van der Waals surface area contributed by atoms with E-state index in [1.165, 1.54) is 0 Å². The van der Waals surface area contributed by atoms with Gasteiger partial charge in [0.15, 0.2) is 5.96 Å². The average molecular weight is 385 g/mol. The fraction of sp³-hybridized carbons (Fsp3) is 0.667. The van der Waals surface area contributed by atoms with E-state index >= 15 is 0 Å². The predicted octanol–water partition coefficient (Wildman–Crippen LogP) is 0.808. The van der Waals surface area contributed by atoms with Gasteiger partial charge in [0.1, 0.15) is 0 Å². The number of nitrogens with one attached hydrogen (secondary N) is 4. The molecule has 0 aromatic carbocycles. The van der Waals surface area contributed by atoms with Crippen molar-refractivity contribution in [1.82, 2.24) is 21.3 Å². The topological polar surface area (TPSA) is 104 Å². The van der Waals surface area contributed by atoms with Gasteiger partial charge in [0, 0.05) is 51.2 Å². The van der Waals surface area contributed by atoms with Crippen molar-refractivity contribution in [1.29, 1.82) is 0 Å². The number of rotatable bonds is 14. The summed E-state index contributed by atoms with van der Waals surface area (Å²) in [5, 5.41) is 12.3. The van der Waals surface area contributed by atoms with E-state index < -0.39 is 0 Å². The van der Waals surface area contributed by atoms with Gasteiger partial charge >= 0.3 is 0 Å². The Morgan fingerprint density at radius 1 is 1.19 bits per heavy atom. The van der Waals surface area contributed by atoms with Crippen molar-refractivity contribution >= 4 is 23.6 Å². The summed E-state index contributed by atoms with van der Waals surface area (Å²) in [6.45, 7) is 12.0. The van der Waals surface area contributed by atoms with Gasteiger partial charge < -0.3 is 27.0 Å². The first-order valence-electron chi connectivity index (χ1n) is 8.96. The zero-order valence-electron chi connectivity index (χ0n) is 16.5. The SMILES string of the molecule is C=C(C)CCNC(=O)CSCCNC(=C)C(N)CCCNC(=NC)NC. The Bertz CT molecular complexity index is 467. The summed E-state index contributed by atoms with van der Waals surface area (Å²) in [6, 6.07) is -0.0798. The molecule has 0 saturated heterocycles. The van der Waals surface area contributed by atoms with Crippen molar-refractivity contribution in [2.24, 2.45) is 10.7 Å². The second-order valence-corrected chi connectivity index (χ2v) is 7.16. The molecule has 1 atom stereocenters. The number of hydrogen-bond acceptors (Lipinski definition) is 5. The van der Waals surface area contributed by atoms with Crippen molar-refractivity contribution < 1.29 is 4.79 Å². The van der Waals surface area contributed by atoms with Gasteiger partial charge in [0.2, 0.25) is 5.91 Å². The molecule has 8 heteroatoms. The second kappa shape index (κ2) is 15.6. The number of carbonyl (C=O) groups excluding carboxylic acids is 1. The minimum Gasteiger partial charge on any atom is -0.387 e. The molecule has 0 saturated carbocycles. The molecule has 0 aliphatic heterocycles. The van der Waals surface area contributed by atoms with Crippen LogP contribution in [0.2, 0.25) is 0 Å². The predicted molar refractivity (Wildman–Crippen MR) is 115 cm³/mol. The summed E-state index contributed by atoms with van der Waals surface area (Å²) < 4.78 is 0. The lowest BCUT2D eigenvalue weighted by molar-refractivity contribution is -0.118. The van der Waals surface area contributed by atoms with Crippen LogP contribution >= 0.6 is 11.8 Å². The van der Waals surface area contributed by atoms with Crippen LogP contribution in [-0.2, 0) is 4.79 Å². The summed E-state index contributed by atoms with van der Waals surface area (Å²) in [7, 11) is 3.57. The Morgan fingerprint density at radius 2 is 1.92 bits per heavy atom. The molecule has 0 aromatic rings. The third kappa shape index (κ3) is 13.6. The standard InChI is InChI=1S/C18H36N6OS/c1-14(2)8-10-23-17(25)13-26-12-11-22-15(3)16(19)7-6-9-24-18(20-4)21-5/h16,22H,1,3,6-13,19H2,2,4-5H3,(H,23,25)(H2,20,21,24). The molecule has 0 bridgehead atoms. The van der Waals surface area contributed by atoms with Crippen molar-refractivity contribution in [3.05, 3.63) is 24.4 Å². The van der Waals surface area contributed by atoms with Gasteiger partial charge in [0.05, 0.1) is 5.75 Å². The maximum atomic E-state index is 11.6. The maximum Gasteiger partial charge on any atom is 0.230 e. The number of aliphatic imine (C=N–C) groups is 1. The van der Waals surface area contributed by atoms with E-state index in [4.69, 9.17) is 5.73 Å². The Kier molecular flexibility index (Phi) is 14.6. The van der Waals surface area contributed by atoms with Crippen LogP contribution in [0.5, 0.6) is 0 Å². The van der Waals surface area contributed by atoms with Gasteiger partial charge in [-0.2, -0.15) is 11.8 Å². The molecule has 0 aliphatic carbocycles. The molecular weight excluding hydrogens is 348 g/mol. The maximum absolute atomic E-state index is 11.6. The summed E-state index contributed by atoms with van der Waals surface area (Å²) in [5.41, 5.74) is 8.05. The number of amides is 1. The molecule has 150 valence electrons. The van der Waals surface area contributed by atoms with Gasteiger partial charge in [-0.1, -0.05) is 12.2 Å². The largest absolute Gasteiger partial charge is 0.387 e. The molecule has 0 aromatic heterocycles. The Morgan fingerprint density at radius 3 is 2.54 bits per heavy atom. The van der Waals surface area contributed by atoms with E-state index in [1.54, 1.807) is 18.8 Å². The first-order chi connectivity index (χ1) is 12.4. The fourth-order valence-corrected chi connectivity index (χ4v) is 2.71. The van der Waals surface area contributed by atoms with Crippen LogP contribution in [0.1, 0.15) is 26.2 Å². The van der Waals surface area contributed by atoms with E-state index in [1.807, 2.05) is 14.0 Å². The smallest absolute Gasteiger partial charge is 0.230 e. The van der Waals surface area contributed by atoms with Crippen LogP contribution < -0.4 is 27.0 Å². The molecule has 0 radical (unpaired) electrons. The Labute approximate surface area is 162 Å². The lowest BCUT2D eigenvalue weighted by Crippen LogP contribution is -2.36. The Hall–Kier alpha value is -1.67. The highest BCUT2D eigenvalue weighted by Crippen LogP contribution is 2.03. The third-order valence-electron chi connectivity index (χ3n) is 3.60. The minimum atomic E-state index is -0.0798. The van der Waals surface area contributed by atoms with Crippen LogP contribution in [-0.4, -0.2) is 63.1 Å². The van der Waals surface area contributed by atoms with Crippen LogP contribution in [0.25, 0.3) is 0 Å². The number of nitrogens with zero attached hydrogens (tertiary/aromatic N) is 1. The first-order valence-corrected chi connectivity index (χ1v) is 10.1. The van der Waals surface area contributed by atoms with Gasteiger partial charge in [-0.05, 0) is 26.2 Å². The molecule has 7 nitrogen and oxygen atoms in total. The van der Waals surface area contributed by atoms with Crippen LogP contribution in [0.15, 0.2) is 29.4 Å². The van der Waals surface area contributed by atoms with Crippen molar-refractivity contribution in [3.8, 4) is 0 Å². The van der Waals surface area contributed by atoms with Crippen molar-refractivity contribution in [2.45, 2.75) is 32.2 Å². The van der Waals surface area contributed by atoms with E-state index in [0.717, 1.165) is 55.3 Å². The Balaban J connectivity index is 3.65. The van der Waals surface area contributed by atoms with Crippen LogP contribution in [0.3, 0.4) is 0 Å². The minimum absolute atomic E-state index is 0.0656. The van der Waals surface area contributed by atoms with Crippen LogP contribution in [0, 0.1) is 0 Å². The van der Waals surface area contributed by atoms with E-state index in [9.17, 15) is 4.79 Å². The highest BCUT2D eigenvalue weighted by atomic mass is 32.2. The molecule has 1 amide bonds. The summed E-state index contributed by atoms with van der Waals surface area (Å²) in [5.74, 6) is 2.14. The highest BCUT2D eigenvalue weighted by molar-refractivity contribution is 7.99. The number of guanidine groups is 1. The fourth-order valence-electron chi connectivity index (χ4n) is 2.03. The summed E-state index contributed by atoms with van der Waals surface area (Å²) >= 11 is 1.59. The average Bonchev–Trinajstić information content (AvgIpc) is 2.60. The molecule has 6 N–H and O–H groups in total. The van der Waals surface area contributed by atoms with Crippen molar-refractivity contribution in [3.63, 3.8) is 0 Å². The monoisotopic (exact) mass is 384 g/mol. The number of hydrogen-bond donors (Lipinski definition) is 5. The molecular formula is C18H36N6OS. The molecule has 1 unspecified atom stereocenters. The second-order valence-electron chi connectivity index (χ2n) is 6.06. The van der Waals surface area contributed by atoms with Gasteiger partial charge in [-0.15, -0.1) is 6.58 Å². The van der Waals surface area contributed by atoms with Gasteiger partial charge in [-0.25, -0.2) is 0 Å². The number of nitrogens with two attached hydrogens (primary N) is 1. The lowest BCUT2D eigenvalue weighted by atomic mass is 10.1. The lowest BCUT2D eigenvalue weighted by Gasteiger charge is -2.17. The summed E-state index contributed by atoms with van der Waals surface area (Å²) in [4.78, 5) is 15.7. The van der Waals surface area contributed by atoms with E-state index in [0.29, 0.717) is 12.3 Å².